The third-order valence-electron chi connectivity index (χ3n) is 3.93. The number of amidine groups is 1. The molecule has 0 atom stereocenters. The Morgan fingerprint density at radius 1 is 1.14 bits per heavy atom. The number of hydrogen-bond acceptors (Lipinski definition) is 5. The summed E-state index contributed by atoms with van der Waals surface area (Å²) in [7, 11) is 0. The lowest BCUT2D eigenvalue weighted by molar-refractivity contribution is -0.113. The van der Waals surface area contributed by atoms with Crippen molar-refractivity contribution in [3.05, 3.63) is 28.7 Å². The molecule has 4 rings (SSSR count). The number of amides is 1. The molecular weight excluding hydrogens is 300 g/mol. The van der Waals surface area contributed by atoms with Gasteiger partial charge in [0.2, 0.25) is 6.79 Å². The number of ether oxygens (including phenoxy) is 2. The van der Waals surface area contributed by atoms with Crippen molar-refractivity contribution in [1.82, 2.24) is 4.90 Å². The van der Waals surface area contributed by atoms with Crippen LogP contribution in [-0.4, -0.2) is 35.9 Å². The van der Waals surface area contributed by atoms with Gasteiger partial charge in [-0.05, 0) is 54.8 Å². The molecule has 0 saturated carbocycles. The summed E-state index contributed by atoms with van der Waals surface area (Å²) < 4.78 is 10.7. The topological polar surface area (TPSA) is 51.1 Å². The van der Waals surface area contributed by atoms with E-state index in [1.165, 1.54) is 31.0 Å². The van der Waals surface area contributed by atoms with E-state index >= 15 is 0 Å². The van der Waals surface area contributed by atoms with Crippen LogP contribution >= 0.6 is 11.8 Å². The fourth-order valence-corrected chi connectivity index (χ4v) is 3.74. The fourth-order valence-electron chi connectivity index (χ4n) is 2.77. The number of nitrogens with zero attached hydrogens (tertiary/aromatic N) is 2. The number of benzene rings is 1. The number of carbonyl (C=O) groups is 1. The van der Waals surface area contributed by atoms with Crippen LogP contribution in [0.3, 0.4) is 0 Å². The first-order chi connectivity index (χ1) is 10.8. The van der Waals surface area contributed by atoms with E-state index in [0.29, 0.717) is 4.91 Å². The Kier molecular flexibility index (Phi) is 3.54. The van der Waals surface area contributed by atoms with Crippen molar-refractivity contribution >= 4 is 28.9 Å². The fraction of sp³-hybridized carbons (Fsp3) is 0.375. The molecule has 3 heterocycles. The van der Waals surface area contributed by atoms with E-state index < -0.39 is 0 Å². The molecule has 0 aliphatic carbocycles. The van der Waals surface area contributed by atoms with Crippen LogP contribution in [0.1, 0.15) is 24.8 Å². The number of hydrogen-bond donors (Lipinski definition) is 0. The van der Waals surface area contributed by atoms with E-state index in [4.69, 9.17) is 9.47 Å². The molecule has 1 aromatic carbocycles. The van der Waals surface area contributed by atoms with Gasteiger partial charge in [-0.15, -0.1) is 0 Å². The van der Waals surface area contributed by atoms with Crippen molar-refractivity contribution in [3.63, 3.8) is 0 Å². The van der Waals surface area contributed by atoms with Crippen LogP contribution in [-0.2, 0) is 4.79 Å². The first kappa shape index (κ1) is 13.7. The third kappa shape index (κ3) is 2.59. The van der Waals surface area contributed by atoms with Crippen molar-refractivity contribution in [3.8, 4) is 11.5 Å². The number of fused-ring (bicyclic) bond motifs is 1. The van der Waals surface area contributed by atoms with Crippen LogP contribution in [0.4, 0.5) is 0 Å². The standard InChI is InChI=1S/C16H16N2O3S/c19-15-14(22-16(17-15)18-6-2-1-3-7-18)9-11-4-5-12-13(8-11)21-10-20-12/h4-5,8-9H,1-3,6-7,10H2. The Morgan fingerprint density at radius 3 is 2.82 bits per heavy atom. The summed E-state index contributed by atoms with van der Waals surface area (Å²) in [5, 5.41) is 0.844. The number of thioether (sulfide) groups is 1. The average Bonchev–Trinajstić information content (AvgIpc) is 3.15. The van der Waals surface area contributed by atoms with Gasteiger partial charge in [-0.3, -0.25) is 4.79 Å². The van der Waals surface area contributed by atoms with Crippen LogP contribution in [0.25, 0.3) is 6.08 Å². The first-order valence-corrected chi connectivity index (χ1v) is 8.28. The molecule has 3 aliphatic rings. The maximum atomic E-state index is 12.1. The van der Waals surface area contributed by atoms with Crippen molar-refractivity contribution in [2.75, 3.05) is 19.9 Å². The number of likely N-dealkylation sites (tertiary alicyclic amines) is 1. The summed E-state index contributed by atoms with van der Waals surface area (Å²) in [6, 6.07) is 5.68. The monoisotopic (exact) mass is 316 g/mol. The van der Waals surface area contributed by atoms with E-state index in [-0.39, 0.29) is 12.7 Å². The molecule has 6 heteroatoms. The lowest BCUT2D eigenvalue weighted by atomic mass is 10.1. The van der Waals surface area contributed by atoms with E-state index in [9.17, 15) is 4.79 Å². The van der Waals surface area contributed by atoms with E-state index in [1.54, 1.807) is 0 Å². The Hall–Kier alpha value is -1.95. The molecule has 0 radical (unpaired) electrons. The highest BCUT2D eigenvalue weighted by molar-refractivity contribution is 8.18. The van der Waals surface area contributed by atoms with Crippen LogP contribution < -0.4 is 9.47 Å². The smallest absolute Gasteiger partial charge is 0.286 e. The van der Waals surface area contributed by atoms with E-state index in [0.717, 1.165) is 35.3 Å². The molecular formula is C16H16N2O3S. The van der Waals surface area contributed by atoms with E-state index in [1.807, 2.05) is 24.3 Å². The molecule has 1 saturated heterocycles. The van der Waals surface area contributed by atoms with Gasteiger partial charge < -0.3 is 14.4 Å². The molecule has 0 N–H and O–H groups in total. The zero-order chi connectivity index (χ0) is 14.9. The molecule has 3 aliphatic heterocycles. The summed E-state index contributed by atoms with van der Waals surface area (Å²) in [5.41, 5.74) is 0.926. The van der Waals surface area contributed by atoms with Gasteiger partial charge in [0.15, 0.2) is 16.7 Å². The van der Waals surface area contributed by atoms with Crippen LogP contribution in [0.15, 0.2) is 28.1 Å². The normalized spacial score (nSPS) is 22.4. The summed E-state index contributed by atoms with van der Waals surface area (Å²) in [4.78, 5) is 19.2. The van der Waals surface area contributed by atoms with Gasteiger partial charge in [0.25, 0.3) is 5.91 Å². The van der Waals surface area contributed by atoms with Crippen molar-refractivity contribution in [2.24, 2.45) is 4.99 Å². The van der Waals surface area contributed by atoms with Crippen molar-refractivity contribution in [2.45, 2.75) is 19.3 Å². The maximum absolute atomic E-state index is 12.1. The van der Waals surface area contributed by atoms with Crippen molar-refractivity contribution < 1.29 is 14.3 Å². The van der Waals surface area contributed by atoms with Crippen LogP contribution in [0, 0.1) is 0 Å². The number of rotatable bonds is 1. The van der Waals surface area contributed by atoms with Crippen LogP contribution in [0.5, 0.6) is 11.5 Å². The van der Waals surface area contributed by atoms with Crippen LogP contribution in [0.2, 0.25) is 0 Å². The molecule has 5 nitrogen and oxygen atoms in total. The van der Waals surface area contributed by atoms with Gasteiger partial charge in [-0.25, -0.2) is 0 Å². The molecule has 0 bridgehead atoms. The highest BCUT2D eigenvalue weighted by Crippen LogP contribution is 2.35. The second-order valence-electron chi connectivity index (χ2n) is 5.47. The number of aliphatic imine (C=N–C) groups is 1. The molecule has 1 aromatic rings. The molecule has 22 heavy (non-hydrogen) atoms. The molecule has 0 aromatic heterocycles. The Labute approximate surface area is 133 Å². The molecule has 0 spiro atoms. The summed E-state index contributed by atoms with van der Waals surface area (Å²) in [6.45, 7) is 2.25. The van der Waals surface area contributed by atoms with Gasteiger partial charge in [0.1, 0.15) is 0 Å². The molecule has 1 fully saturated rings. The minimum atomic E-state index is -0.150. The van der Waals surface area contributed by atoms with Gasteiger partial charge in [-0.2, -0.15) is 4.99 Å². The average molecular weight is 316 g/mol. The predicted molar refractivity (Wildman–Crippen MR) is 86.0 cm³/mol. The summed E-state index contributed by atoms with van der Waals surface area (Å²) in [5.74, 6) is 1.32. The molecule has 1 amide bonds. The molecule has 114 valence electrons. The number of piperidine rings is 1. The first-order valence-electron chi connectivity index (χ1n) is 7.47. The Bertz CT molecular complexity index is 678. The lowest BCUT2D eigenvalue weighted by Crippen LogP contribution is -2.33. The van der Waals surface area contributed by atoms with Gasteiger partial charge in [-0.1, -0.05) is 6.07 Å². The highest BCUT2D eigenvalue weighted by Gasteiger charge is 2.27. The SMILES string of the molecule is O=C1N=C(N2CCCCC2)SC1=Cc1ccc2c(c1)OCO2. The number of carbonyl (C=O) groups excluding carboxylic acids is 1. The second-order valence-corrected chi connectivity index (χ2v) is 6.48. The quantitative estimate of drug-likeness (QED) is 0.746. The zero-order valence-corrected chi connectivity index (χ0v) is 12.9. The van der Waals surface area contributed by atoms with E-state index in [2.05, 4.69) is 9.89 Å². The minimum Gasteiger partial charge on any atom is -0.454 e. The van der Waals surface area contributed by atoms with Gasteiger partial charge in [0, 0.05) is 13.1 Å². The third-order valence-corrected chi connectivity index (χ3v) is 4.97. The van der Waals surface area contributed by atoms with Gasteiger partial charge in [0.05, 0.1) is 4.91 Å². The lowest BCUT2D eigenvalue weighted by Gasteiger charge is -2.27. The summed E-state index contributed by atoms with van der Waals surface area (Å²) >= 11 is 1.47. The second kappa shape index (κ2) is 5.68. The highest BCUT2D eigenvalue weighted by atomic mass is 32.2. The summed E-state index contributed by atoms with van der Waals surface area (Å²) in [6.07, 6.45) is 5.49. The Balaban J connectivity index is 1.53. The predicted octanol–water partition coefficient (Wildman–Crippen LogP) is 2.87. The minimum absolute atomic E-state index is 0.150. The molecule has 0 unspecified atom stereocenters. The van der Waals surface area contributed by atoms with Crippen molar-refractivity contribution in [1.29, 1.82) is 0 Å². The largest absolute Gasteiger partial charge is 0.454 e. The Morgan fingerprint density at radius 2 is 1.95 bits per heavy atom. The van der Waals surface area contributed by atoms with Gasteiger partial charge >= 0.3 is 0 Å². The maximum Gasteiger partial charge on any atom is 0.286 e. The zero-order valence-electron chi connectivity index (χ0n) is 12.1.